The van der Waals surface area contributed by atoms with Crippen LogP contribution in [0.15, 0.2) is 48.5 Å². The molecule has 2 fully saturated rings. The first kappa shape index (κ1) is 30.5. The Morgan fingerprint density at radius 3 is 2.40 bits per heavy atom. The van der Waals surface area contributed by atoms with E-state index in [-0.39, 0.29) is 48.2 Å². The molecule has 0 radical (unpaired) electrons. The number of nitro benzene ring substituents is 1. The molecule has 43 heavy (non-hydrogen) atoms. The summed E-state index contributed by atoms with van der Waals surface area (Å²) >= 11 is 0. The summed E-state index contributed by atoms with van der Waals surface area (Å²) in [5, 5.41) is 14.8. The Bertz CT molecular complexity index is 1480. The van der Waals surface area contributed by atoms with Crippen molar-refractivity contribution in [3.05, 3.63) is 70.0 Å². The topological polar surface area (TPSA) is 101 Å². The number of ether oxygens (including phenoxy) is 1. The molecule has 0 bridgehead atoms. The smallest absolute Gasteiger partial charge is 0.382 e. The molecule has 1 aliphatic heterocycles. The Hall–Kier alpha value is -4.00. The molecule has 5 rings (SSSR count). The summed E-state index contributed by atoms with van der Waals surface area (Å²) in [5.41, 5.74) is -1.39. The molecule has 1 aliphatic carbocycles. The minimum atomic E-state index is -4.84. The van der Waals surface area contributed by atoms with Crippen LogP contribution in [-0.2, 0) is 15.7 Å². The number of fused-ring (bicyclic) bond motifs is 1. The highest BCUT2D eigenvalue weighted by molar-refractivity contribution is 5.81. The number of hydrogen-bond acceptors (Lipinski definition) is 7. The second-order valence-electron chi connectivity index (χ2n) is 11.3. The van der Waals surface area contributed by atoms with Crippen LogP contribution in [0.5, 0.6) is 0 Å². The van der Waals surface area contributed by atoms with Crippen LogP contribution in [0.25, 0.3) is 10.9 Å². The van der Waals surface area contributed by atoms with E-state index >= 15 is 0 Å². The predicted octanol–water partition coefficient (Wildman–Crippen LogP) is 6.17. The Labute approximate surface area is 246 Å². The van der Waals surface area contributed by atoms with Crippen LogP contribution in [0.4, 0.5) is 34.8 Å². The Balaban J connectivity index is 1.10. The third kappa shape index (κ3) is 6.98. The van der Waals surface area contributed by atoms with Crippen molar-refractivity contribution in [2.24, 2.45) is 0 Å². The summed E-state index contributed by atoms with van der Waals surface area (Å²) in [4.78, 5) is 31.7. The number of hydrogen-bond donors (Lipinski definition) is 1. The van der Waals surface area contributed by atoms with E-state index in [0.717, 1.165) is 23.3 Å². The van der Waals surface area contributed by atoms with Gasteiger partial charge in [-0.1, -0.05) is 0 Å². The molecule has 2 aliphatic rings. The monoisotopic (exact) mass is 603 g/mol. The fourth-order valence-corrected chi connectivity index (χ4v) is 6.11. The van der Waals surface area contributed by atoms with Crippen LogP contribution in [0, 0.1) is 15.9 Å². The SMILES string of the molecule is C[C@@H]1CN(C(=O)COC2CCC(Nc3ccc([N+](=O)[O-])c(C(F)(F)F)c3)CC2)C[C@H](C)N1c1ccc2cc(F)ccc2n1. The maximum atomic E-state index is 13.6. The third-order valence-electron chi connectivity index (χ3n) is 8.16. The van der Waals surface area contributed by atoms with E-state index in [0.29, 0.717) is 44.3 Å². The van der Waals surface area contributed by atoms with E-state index in [1.54, 1.807) is 11.0 Å². The number of rotatable bonds is 7. The van der Waals surface area contributed by atoms with Crippen molar-refractivity contribution >= 4 is 34.0 Å². The number of alkyl halides is 3. The average Bonchev–Trinajstić information content (AvgIpc) is 2.95. The number of piperazine rings is 1. The van der Waals surface area contributed by atoms with Gasteiger partial charge in [0.25, 0.3) is 5.69 Å². The van der Waals surface area contributed by atoms with Gasteiger partial charge in [-0.3, -0.25) is 14.9 Å². The molecule has 0 unspecified atom stereocenters. The normalized spacial score (nSPS) is 22.9. The van der Waals surface area contributed by atoms with Gasteiger partial charge in [0.2, 0.25) is 5.91 Å². The van der Waals surface area contributed by atoms with Crippen LogP contribution in [0.1, 0.15) is 45.1 Å². The maximum Gasteiger partial charge on any atom is 0.423 e. The second kappa shape index (κ2) is 12.3. The number of pyridine rings is 1. The lowest BCUT2D eigenvalue weighted by Crippen LogP contribution is -2.59. The lowest BCUT2D eigenvalue weighted by Gasteiger charge is -2.45. The van der Waals surface area contributed by atoms with Crippen molar-refractivity contribution in [3.63, 3.8) is 0 Å². The number of carbonyl (C=O) groups excluding carboxylic acids is 1. The predicted molar refractivity (Wildman–Crippen MR) is 153 cm³/mol. The lowest BCUT2D eigenvalue weighted by atomic mass is 9.92. The Kier molecular flexibility index (Phi) is 8.72. The zero-order chi connectivity index (χ0) is 30.9. The van der Waals surface area contributed by atoms with Gasteiger partial charge in [-0.25, -0.2) is 9.37 Å². The van der Waals surface area contributed by atoms with Crippen LogP contribution in [0.3, 0.4) is 0 Å². The third-order valence-corrected chi connectivity index (χ3v) is 8.16. The zero-order valence-electron chi connectivity index (χ0n) is 23.8. The van der Waals surface area contributed by atoms with Crippen molar-refractivity contribution in [2.75, 3.05) is 29.9 Å². The summed E-state index contributed by atoms with van der Waals surface area (Å²) in [7, 11) is 0. The first-order chi connectivity index (χ1) is 20.4. The van der Waals surface area contributed by atoms with Gasteiger partial charge in [0, 0.05) is 48.4 Å². The highest BCUT2D eigenvalue weighted by Crippen LogP contribution is 2.38. The van der Waals surface area contributed by atoms with Crippen molar-refractivity contribution < 1.29 is 32.0 Å². The number of nitrogens with one attached hydrogen (secondary N) is 1. The number of aromatic nitrogens is 1. The highest BCUT2D eigenvalue weighted by atomic mass is 19.4. The molecule has 3 aromatic rings. The van der Waals surface area contributed by atoms with Gasteiger partial charge in [0.05, 0.1) is 16.5 Å². The summed E-state index contributed by atoms with van der Waals surface area (Å²) in [6.45, 7) is 5.01. The molecule has 13 heteroatoms. The molecule has 2 aromatic carbocycles. The van der Waals surface area contributed by atoms with E-state index in [9.17, 15) is 32.5 Å². The maximum absolute atomic E-state index is 13.6. The van der Waals surface area contributed by atoms with Crippen LogP contribution < -0.4 is 10.2 Å². The van der Waals surface area contributed by atoms with E-state index in [2.05, 4.69) is 10.2 Å². The standard InChI is InChI=1S/C30H33F4N5O4/c1-18-15-37(16-19(2)38(18)28-12-3-20-13-21(31)4-10-26(20)36-28)29(40)17-43-24-8-5-22(6-9-24)35-23-7-11-27(39(41)42)25(14-23)30(32,33)34/h3-4,7,10-14,18-19,22,24,35H,5-6,8-9,15-17H2,1-2H3/t18-,19+,22?,24?. The van der Waals surface area contributed by atoms with E-state index < -0.39 is 22.4 Å². The summed E-state index contributed by atoms with van der Waals surface area (Å²) in [6, 6.07) is 11.0. The number of carbonyl (C=O) groups is 1. The van der Waals surface area contributed by atoms with E-state index in [4.69, 9.17) is 9.72 Å². The number of anilines is 2. The van der Waals surface area contributed by atoms with Gasteiger partial charge in [0.1, 0.15) is 23.8 Å². The molecular formula is C30H33F4N5O4. The number of halogens is 4. The summed E-state index contributed by atoms with van der Waals surface area (Å²) in [6.07, 6.45) is -2.49. The number of nitrogens with zero attached hydrogens (tertiary/aromatic N) is 4. The molecule has 2 atom stereocenters. The Morgan fingerprint density at radius 1 is 1.05 bits per heavy atom. The average molecular weight is 604 g/mol. The quantitative estimate of drug-likeness (QED) is 0.196. The van der Waals surface area contributed by atoms with Crippen LogP contribution in [0.2, 0.25) is 0 Å². The first-order valence-corrected chi connectivity index (χ1v) is 14.2. The highest BCUT2D eigenvalue weighted by Gasteiger charge is 2.39. The number of benzene rings is 2. The molecule has 1 amide bonds. The second-order valence-corrected chi connectivity index (χ2v) is 11.3. The minimum Gasteiger partial charge on any atom is -0.382 e. The van der Waals surface area contributed by atoms with Gasteiger partial charge in [-0.2, -0.15) is 13.2 Å². The molecule has 1 aromatic heterocycles. The fraction of sp³-hybridized carbons (Fsp3) is 0.467. The molecule has 0 spiro atoms. The summed E-state index contributed by atoms with van der Waals surface area (Å²) < 4.78 is 59.4. The number of nitro groups is 1. The fourth-order valence-electron chi connectivity index (χ4n) is 6.11. The summed E-state index contributed by atoms with van der Waals surface area (Å²) in [5.74, 6) is 0.357. The van der Waals surface area contributed by atoms with Crippen LogP contribution >= 0.6 is 0 Å². The van der Waals surface area contributed by atoms with Gasteiger partial charge in [-0.05, 0) is 82.0 Å². The van der Waals surface area contributed by atoms with Crippen molar-refractivity contribution in [2.45, 2.75) is 69.9 Å². The zero-order valence-corrected chi connectivity index (χ0v) is 23.8. The molecule has 1 saturated carbocycles. The van der Waals surface area contributed by atoms with E-state index in [1.165, 1.54) is 18.2 Å². The largest absolute Gasteiger partial charge is 0.423 e. The van der Waals surface area contributed by atoms with Gasteiger partial charge in [-0.15, -0.1) is 0 Å². The molecule has 230 valence electrons. The lowest BCUT2D eigenvalue weighted by molar-refractivity contribution is -0.388. The van der Waals surface area contributed by atoms with Crippen molar-refractivity contribution in [1.29, 1.82) is 0 Å². The van der Waals surface area contributed by atoms with Gasteiger partial charge in [0.15, 0.2) is 0 Å². The molecular weight excluding hydrogens is 570 g/mol. The molecule has 1 N–H and O–H groups in total. The first-order valence-electron chi connectivity index (χ1n) is 14.2. The molecule has 1 saturated heterocycles. The van der Waals surface area contributed by atoms with Gasteiger partial charge < -0.3 is 19.9 Å². The van der Waals surface area contributed by atoms with Crippen LogP contribution in [-0.4, -0.2) is 64.6 Å². The van der Waals surface area contributed by atoms with E-state index in [1.807, 2.05) is 26.0 Å². The Morgan fingerprint density at radius 2 is 1.74 bits per heavy atom. The molecule has 2 heterocycles. The van der Waals surface area contributed by atoms with Crippen molar-refractivity contribution in [3.8, 4) is 0 Å². The van der Waals surface area contributed by atoms with Crippen molar-refractivity contribution in [1.82, 2.24) is 9.88 Å². The number of amides is 1. The minimum absolute atomic E-state index is 0.00288. The molecule has 9 nitrogen and oxygen atoms in total. The van der Waals surface area contributed by atoms with Gasteiger partial charge >= 0.3 is 6.18 Å².